The number of halogens is 1. The number of para-hydroxylation sites is 1. The van der Waals surface area contributed by atoms with E-state index in [1.807, 2.05) is 31.2 Å². The van der Waals surface area contributed by atoms with Crippen LogP contribution in [0.5, 0.6) is 0 Å². The second kappa shape index (κ2) is 5.05. The molecule has 3 rings (SSSR count). The number of aromatic amines is 1. The fraction of sp³-hybridized carbons (Fsp3) is 0.118. The number of H-pyrrole nitrogens is 1. The van der Waals surface area contributed by atoms with E-state index in [1.165, 1.54) is 6.07 Å². The zero-order valence-corrected chi connectivity index (χ0v) is 11.5. The Morgan fingerprint density at radius 2 is 1.95 bits per heavy atom. The first kappa shape index (κ1) is 13.4. The maximum absolute atomic E-state index is 14.0. The van der Waals surface area contributed by atoms with Crippen LogP contribution in [-0.4, -0.2) is 16.1 Å². The summed E-state index contributed by atoms with van der Waals surface area (Å²) in [6.45, 7) is 1.95. The minimum Gasteiger partial charge on any atom is -0.481 e. The highest BCUT2D eigenvalue weighted by molar-refractivity contribution is 5.94. The van der Waals surface area contributed by atoms with Gasteiger partial charge in [0.15, 0.2) is 0 Å². The minimum atomic E-state index is -0.935. The predicted octanol–water partition coefficient (Wildman–Crippen LogP) is 3.91. The fourth-order valence-electron chi connectivity index (χ4n) is 2.66. The summed E-state index contributed by atoms with van der Waals surface area (Å²) in [6.07, 6.45) is -0.146. The summed E-state index contributed by atoms with van der Waals surface area (Å²) in [6, 6.07) is 12.4. The molecule has 4 heteroatoms. The van der Waals surface area contributed by atoms with Crippen molar-refractivity contribution in [1.82, 2.24) is 4.98 Å². The summed E-state index contributed by atoms with van der Waals surface area (Å²) in [5.74, 6) is -1.31. The molecule has 0 saturated heterocycles. The lowest BCUT2D eigenvalue weighted by atomic mass is 9.99. The van der Waals surface area contributed by atoms with Crippen LogP contribution in [0.2, 0.25) is 0 Å². The first-order chi connectivity index (χ1) is 10.1. The monoisotopic (exact) mass is 283 g/mol. The van der Waals surface area contributed by atoms with Gasteiger partial charge in [0.2, 0.25) is 0 Å². The summed E-state index contributed by atoms with van der Waals surface area (Å²) < 4.78 is 14.0. The average molecular weight is 283 g/mol. The standard InChI is InChI=1S/C17H14FNO2/c1-10-5-2-3-6-11(10)16-13(9-15(20)21)12-7-4-8-14(18)17(12)19-16/h2-8,19H,9H2,1H3,(H,20,21). The first-order valence-corrected chi connectivity index (χ1v) is 6.65. The highest BCUT2D eigenvalue weighted by atomic mass is 19.1. The van der Waals surface area contributed by atoms with Gasteiger partial charge in [-0.05, 0) is 24.1 Å². The smallest absolute Gasteiger partial charge is 0.307 e. The van der Waals surface area contributed by atoms with E-state index in [-0.39, 0.29) is 12.2 Å². The van der Waals surface area contributed by atoms with Crippen LogP contribution in [0.4, 0.5) is 4.39 Å². The molecule has 0 aliphatic rings. The number of aryl methyl sites for hydroxylation is 1. The van der Waals surface area contributed by atoms with E-state index in [0.29, 0.717) is 22.2 Å². The summed E-state index contributed by atoms with van der Waals surface area (Å²) in [4.78, 5) is 14.2. The first-order valence-electron chi connectivity index (χ1n) is 6.65. The lowest BCUT2D eigenvalue weighted by molar-refractivity contribution is -0.136. The molecule has 0 spiro atoms. The molecule has 0 unspecified atom stereocenters. The maximum atomic E-state index is 14.0. The van der Waals surface area contributed by atoms with Gasteiger partial charge in [0.1, 0.15) is 5.82 Å². The van der Waals surface area contributed by atoms with E-state index in [4.69, 9.17) is 5.11 Å². The van der Waals surface area contributed by atoms with Crippen LogP contribution in [0.3, 0.4) is 0 Å². The molecule has 106 valence electrons. The molecular formula is C17H14FNO2. The van der Waals surface area contributed by atoms with Crippen LogP contribution in [0.25, 0.3) is 22.2 Å². The summed E-state index contributed by atoms with van der Waals surface area (Å²) in [5, 5.41) is 9.77. The van der Waals surface area contributed by atoms with Gasteiger partial charge in [-0.2, -0.15) is 0 Å². The van der Waals surface area contributed by atoms with Gasteiger partial charge in [0, 0.05) is 10.9 Å². The number of aromatic nitrogens is 1. The lowest BCUT2D eigenvalue weighted by Gasteiger charge is -2.06. The molecule has 2 N–H and O–H groups in total. The molecule has 0 atom stereocenters. The van der Waals surface area contributed by atoms with Gasteiger partial charge in [0.05, 0.1) is 17.6 Å². The fourth-order valence-corrected chi connectivity index (χ4v) is 2.66. The van der Waals surface area contributed by atoms with Crippen molar-refractivity contribution in [3.05, 3.63) is 59.4 Å². The molecule has 0 saturated carbocycles. The number of carbonyl (C=O) groups is 1. The van der Waals surface area contributed by atoms with Gasteiger partial charge in [-0.1, -0.05) is 36.4 Å². The second-order valence-electron chi connectivity index (χ2n) is 5.03. The Kier molecular flexibility index (Phi) is 3.22. The Bertz CT molecular complexity index is 836. The normalized spacial score (nSPS) is 11.0. The van der Waals surface area contributed by atoms with E-state index < -0.39 is 5.97 Å². The van der Waals surface area contributed by atoms with Crippen molar-refractivity contribution >= 4 is 16.9 Å². The molecule has 21 heavy (non-hydrogen) atoms. The number of benzene rings is 2. The van der Waals surface area contributed by atoms with Gasteiger partial charge in [0.25, 0.3) is 0 Å². The molecule has 0 aliphatic carbocycles. The molecule has 3 aromatic rings. The van der Waals surface area contributed by atoms with Gasteiger partial charge >= 0.3 is 5.97 Å². The Labute approximate surface area is 121 Å². The van der Waals surface area contributed by atoms with Crippen LogP contribution in [0.1, 0.15) is 11.1 Å². The van der Waals surface area contributed by atoms with Crippen LogP contribution in [0.15, 0.2) is 42.5 Å². The maximum Gasteiger partial charge on any atom is 0.307 e. The molecule has 1 heterocycles. The third-order valence-electron chi connectivity index (χ3n) is 3.63. The Morgan fingerprint density at radius 1 is 1.19 bits per heavy atom. The molecule has 0 fully saturated rings. The molecule has 0 radical (unpaired) electrons. The van der Waals surface area contributed by atoms with Crippen LogP contribution >= 0.6 is 0 Å². The highest BCUT2D eigenvalue weighted by Crippen LogP contribution is 2.33. The van der Waals surface area contributed by atoms with E-state index >= 15 is 0 Å². The number of nitrogens with one attached hydrogen (secondary N) is 1. The topological polar surface area (TPSA) is 53.1 Å². The number of hydrogen-bond donors (Lipinski definition) is 2. The van der Waals surface area contributed by atoms with Crippen molar-refractivity contribution < 1.29 is 14.3 Å². The minimum absolute atomic E-state index is 0.146. The third kappa shape index (κ3) is 2.29. The van der Waals surface area contributed by atoms with E-state index in [9.17, 15) is 9.18 Å². The predicted molar refractivity (Wildman–Crippen MR) is 79.8 cm³/mol. The molecular weight excluding hydrogens is 269 g/mol. The highest BCUT2D eigenvalue weighted by Gasteiger charge is 2.18. The largest absolute Gasteiger partial charge is 0.481 e. The number of hydrogen-bond acceptors (Lipinski definition) is 1. The molecule has 0 amide bonds. The number of aliphatic carboxylic acids is 1. The molecule has 0 aliphatic heterocycles. The summed E-state index contributed by atoms with van der Waals surface area (Å²) >= 11 is 0. The van der Waals surface area contributed by atoms with Crippen LogP contribution in [-0.2, 0) is 11.2 Å². The zero-order valence-electron chi connectivity index (χ0n) is 11.5. The number of carboxylic acids is 1. The van der Waals surface area contributed by atoms with Crippen molar-refractivity contribution in [2.45, 2.75) is 13.3 Å². The lowest BCUT2D eigenvalue weighted by Crippen LogP contribution is -2.01. The third-order valence-corrected chi connectivity index (χ3v) is 3.63. The Balaban J connectivity index is 2.33. The van der Waals surface area contributed by atoms with Crippen molar-refractivity contribution in [3.63, 3.8) is 0 Å². The molecule has 0 bridgehead atoms. The van der Waals surface area contributed by atoms with Crippen molar-refractivity contribution in [3.8, 4) is 11.3 Å². The van der Waals surface area contributed by atoms with Crippen molar-refractivity contribution in [2.24, 2.45) is 0 Å². The Morgan fingerprint density at radius 3 is 2.67 bits per heavy atom. The van der Waals surface area contributed by atoms with E-state index in [1.54, 1.807) is 12.1 Å². The SMILES string of the molecule is Cc1ccccc1-c1[nH]c2c(F)cccc2c1CC(=O)O. The van der Waals surface area contributed by atoms with Crippen molar-refractivity contribution in [1.29, 1.82) is 0 Å². The summed E-state index contributed by atoms with van der Waals surface area (Å²) in [5.41, 5.74) is 3.55. The van der Waals surface area contributed by atoms with Gasteiger partial charge in [-0.25, -0.2) is 4.39 Å². The van der Waals surface area contributed by atoms with Crippen LogP contribution < -0.4 is 0 Å². The quantitative estimate of drug-likeness (QED) is 0.765. The van der Waals surface area contributed by atoms with Crippen molar-refractivity contribution in [2.75, 3.05) is 0 Å². The average Bonchev–Trinajstić information content (AvgIpc) is 2.79. The number of fused-ring (bicyclic) bond motifs is 1. The van der Waals surface area contributed by atoms with Gasteiger partial charge in [-0.15, -0.1) is 0 Å². The molecule has 1 aromatic heterocycles. The summed E-state index contributed by atoms with van der Waals surface area (Å²) in [7, 11) is 0. The van der Waals surface area contributed by atoms with Gasteiger partial charge in [-0.3, -0.25) is 4.79 Å². The van der Waals surface area contributed by atoms with Gasteiger partial charge < -0.3 is 10.1 Å². The second-order valence-corrected chi connectivity index (χ2v) is 5.03. The van der Waals surface area contributed by atoms with E-state index in [0.717, 1.165) is 11.1 Å². The van der Waals surface area contributed by atoms with Crippen LogP contribution in [0, 0.1) is 12.7 Å². The molecule has 3 nitrogen and oxygen atoms in total. The van der Waals surface area contributed by atoms with E-state index in [2.05, 4.69) is 4.98 Å². The zero-order chi connectivity index (χ0) is 15.0. The number of rotatable bonds is 3. The Hall–Kier alpha value is -2.62. The molecule has 2 aromatic carbocycles. The number of carboxylic acid groups (broad SMARTS) is 1.